The van der Waals surface area contributed by atoms with Gasteiger partial charge in [0.15, 0.2) is 0 Å². The summed E-state index contributed by atoms with van der Waals surface area (Å²) in [5.41, 5.74) is 2.94. The molecule has 3 amide bonds. The Bertz CT molecular complexity index is 1020. The second kappa shape index (κ2) is 9.39. The molecule has 0 radical (unpaired) electrons. The van der Waals surface area contributed by atoms with Crippen molar-refractivity contribution in [2.45, 2.75) is 43.8 Å². The number of hydrogen-bond donors (Lipinski definition) is 0. The zero-order valence-corrected chi connectivity index (χ0v) is 20.0. The molecule has 1 aliphatic carbocycles. The highest BCUT2D eigenvalue weighted by Gasteiger charge is 2.59. The number of ether oxygens (including phenoxy) is 2. The van der Waals surface area contributed by atoms with E-state index in [-0.39, 0.29) is 18.0 Å². The van der Waals surface area contributed by atoms with Gasteiger partial charge in [0.2, 0.25) is 0 Å². The van der Waals surface area contributed by atoms with Crippen molar-refractivity contribution >= 4 is 11.9 Å². The van der Waals surface area contributed by atoms with Crippen molar-refractivity contribution in [3.63, 3.8) is 0 Å². The third-order valence-electron chi connectivity index (χ3n) is 7.73. The number of urea groups is 1. The maximum absolute atomic E-state index is 13.9. The van der Waals surface area contributed by atoms with Crippen LogP contribution in [0.3, 0.4) is 0 Å². The summed E-state index contributed by atoms with van der Waals surface area (Å²) < 4.78 is 10.6. The Balaban J connectivity index is 1.32. The van der Waals surface area contributed by atoms with Crippen LogP contribution in [0.4, 0.5) is 4.79 Å². The fourth-order valence-electron chi connectivity index (χ4n) is 5.83. The smallest absolute Gasteiger partial charge is 0.328 e. The molecule has 2 aliphatic heterocycles. The monoisotopic (exact) mass is 463 g/mol. The van der Waals surface area contributed by atoms with Crippen LogP contribution < -0.4 is 4.74 Å². The van der Waals surface area contributed by atoms with Gasteiger partial charge in [-0.2, -0.15) is 0 Å². The summed E-state index contributed by atoms with van der Waals surface area (Å²) >= 11 is 0. The van der Waals surface area contributed by atoms with Gasteiger partial charge < -0.3 is 14.4 Å². The Morgan fingerprint density at radius 2 is 1.59 bits per heavy atom. The van der Waals surface area contributed by atoms with E-state index in [1.54, 1.807) is 19.1 Å². The van der Waals surface area contributed by atoms with E-state index < -0.39 is 5.54 Å². The molecule has 2 heterocycles. The molecule has 0 N–H and O–H groups in total. The quantitative estimate of drug-likeness (QED) is 0.591. The fourth-order valence-corrected chi connectivity index (χ4v) is 5.83. The number of likely N-dealkylation sites (tertiary alicyclic amines) is 1. The first-order valence-electron chi connectivity index (χ1n) is 12.1. The van der Waals surface area contributed by atoms with Gasteiger partial charge in [-0.25, -0.2) is 4.79 Å². The minimum atomic E-state index is -0.763. The van der Waals surface area contributed by atoms with Crippen molar-refractivity contribution in [2.75, 3.05) is 40.5 Å². The Hall–Kier alpha value is -2.90. The molecule has 2 saturated heterocycles. The zero-order valence-electron chi connectivity index (χ0n) is 20.0. The first kappa shape index (κ1) is 22.9. The third kappa shape index (κ3) is 3.97. The van der Waals surface area contributed by atoms with Crippen LogP contribution in [0, 0.1) is 0 Å². The lowest BCUT2D eigenvalue weighted by atomic mass is 9.85. The number of amides is 3. The molecule has 2 aromatic carbocycles. The lowest BCUT2D eigenvalue weighted by Crippen LogP contribution is -2.57. The van der Waals surface area contributed by atoms with E-state index in [1.165, 1.54) is 16.7 Å². The van der Waals surface area contributed by atoms with Crippen molar-refractivity contribution in [3.05, 3.63) is 65.2 Å². The minimum absolute atomic E-state index is 0.0180. The van der Waals surface area contributed by atoms with Crippen LogP contribution in [0.2, 0.25) is 0 Å². The largest absolute Gasteiger partial charge is 0.497 e. The van der Waals surface area contributed by atoms with Crippen LogP contribution in [0.5, 0.6) is 5.75 Å². The van der Waals surface area contributed by atoms with Crippen LogP contribution in [-0.4, -0.2) is 78.7 Å². The van der Waals surface area contributed by atoms with Crippen molar-refractivity contribution in [1.82, 2.24) is 14.7 Å². The molecule has 0 unspecified atom stereocenters. The highest BCUT2D eigenvalue weighted by Crippen LogP contribution is 2.40. The predicted octanol–water partition coefficient (Wildman–Crippen LogP) is 3.11. The first-order valence-corrected chi connectivity index (χ1v) is 12.1. The molecule has 7 nitrogen and oxygen atoms in total. The van der Waals surface area contributed by atoms with E-state index in [0.29, 0.717) is 26.0 Å². The van der Waals surface area contributed by atoms with Crippen LogP contribution in [-0.2, 0) is 28.9 Å². The van der Waals surface area contributed by atoms with Crippen LogP contribution >= 0.6 is 0 Å². The molecule has 0 saturated carbocycles. The van der Waals surface area contributed by atoms with Gasteiger partial charge in [-0.15, -0.1) is 0 Å². The Kier molecular flexibility index (Phi) is 6.32. The normalized spacial score (nSPS) is 20.4. The topological polar surface area (TPSA) is 62.3 Å². The van der Waals surface area contributed by atoms with Gasteiger partial charge in [0.05, 0.1) is 13.7 Å². The summed E-state index contributed by atoms with van der Waals surface area (Å²) in [6, 6.07) is 16.1. The molecule has 0 bridgehead atoms. The molecule has 180 valence electrons. The lowest BCUT2D eigenvalue weighted by molar-refractivity contribution is -0.137. The summed E-state index contributed by atoms with van der Waals surface area (Å²) in [4.78, 5) is 33.3. The SMILES string of the molecule is COCCN1C(=O)N(C2Cc3ccccc3C2)C(=O)C12CCN(Cc1ccc(OC)cc1)CC2. The average Bonchev–Trinajstić information content (AvgIpc) is 3.36. The molecule has 2 aromatic rings. The number of benzene rings is 2. The van der Waals surface area contributed by atoms with Gasteiger partial charge in [-0.3, -0.25) is 14.6 Å². The summed E-state index contributed by atoms with van der Waals surface area (Å²) in [6.45, 7) is 3.23. The maximum atomic E-state index is 13.9. The van der Waals surface area contributed by atoms with Crippen molar-refractivity contribution < 1.29 is 19.1 Å². The van der Waals surface area contributed by atoms with E-state index >= 15 is 0 Å². The van der Waals surface area contributed by atoms with E-state index in [2.05, 4.69) is 29.2 Å². The number of methoxy groups -OCH3 is 2. The predicted molar refractivity (Wildman–Crippen MR) is 129 cm³/mol. The number of hydrogen-bond acceptors (Lipinski definition) is 5. The minimum Gasteiger partial charge on any atom is -0.497 e. The second-order valence-electron chi connectivity index (χ2n) is 9.59. The van der Waals surface area contributed by atoms with Crippen LogP contribution in [0.1, 0.15) is 29.5 Å². The van der Waals surface area contributed by atoms with Gasteiger partial charge >= 0.3 is 6.03 Å². The molecule has 0 aromatic heterocycles. The number of imide groups is 1. The van der Waals surface area contributed by atoms with Gasteiger partial charge in [0.1, 0.15) is 11.3 Å². The zero-order chi connectivity index (χ0) is 23.7. The summed E-state index contributed by atoms with van der Waals surface area (Å²) in [5.74, 6) is 0.829. The summed E-state index contributed by atoms with van der Waals surface area (Å²) in [5, 5.41) is 0. The number of fused-ring (bicyclic) bond motifs is 1. The molecular formula is C27H33N3O4. The summed E-state index contributed by atoms with van der Waals surface area (Å²) in [7, 11) is 3.31. The van der Waals surface area contributed by atoms with E-state index in [1.807, 2.05) is 29.2 Å². The maximum Gasteiger partial charge on any atom is 0.328 e. The fraction of sp³-hybridized carbons (Fsp3) is 0.481. The van der Waals surface area contributed by atoms with Gasteiger partial charge in [-0.1, -0.05) is 36.4 Å². The van der Waals surface area contributed by atoms with E-state index in [4.69, 9.17) is 9.47 Å². The van der Waals surface area contributed by atoms with Crippen LogP contribution in [0.15, 0.2) is 48.5 Å². The number of rotatable bonds is 7. The Labute approximate surface area is 201 Å². The molecule has 2 fully saturated rings. The standard InChI is InChI=1S/C27H33N3O4/c1-33-16-15-29-26(32)30(23-17-21-5-3-4-6-22(21)18-23)25(31)27(29)11-13-28(14-12-27)19-20-7-9-24(34-2)10-8-20/h3-10,23H,11-19H2,1-2H3. The van der Waals surface area contributed by atoms with E-state index in [0.717, 1.165) is 38.2 Å². The Morgan fingerprint density at radius 3 is 2.18 bits per heavy atom. The van der Waals surface area contributed by atoms with Crippen molar-refractivity contribution in [3.8, 4) is 5.75 Å². The number of carbonyl (C=O) groups excluding carboxylic acids is 2. The molecule has 0 atom stereocenters. The second-order valence-corrected chi connectivity index (χ2v) is 9.59. The summed E-state index contributed by atoms with van der Waals surface area (Å²) in [6.07, 6.45) is 2.78. The molecule has 5 rings (SSSR count). The molecule has 7 heteroatoms. The van der Waals surface area contributed by atoms with E-state index in [9.17, 15) is 9.59 Å². The van der Waals surface area contributed by atoms with Crippen molar-refractivity contribution in [1.29, 1.82) is 0 Å². The van der Waals surface area contributed by atoms with Gasteiger partial charge in [0.25, 0.3) is 5.91 Å². The molecule has 1 spiro atoms. The van der Waals surface area contributed by atoms with Crippen molar-refractivity contribution in [2.24, 2.45) is 0 Å². The average molecular weight is 464 g/mol. The molecule has 3 aliphatic rings. The van der Waals surface area contributed by atoms with Gasteiger partial charge in [-0.05, 0) is 54.5 Å². The number of carbonyl (C=O) groups is 2. The lowest BCUT2D eigenvalue weighted by Gasteiger charge is -2.42. The first-order chi connectivity index (χ1) is 16.6. The molecular weight excluding hydrogens is 430 g/mol. The van der Waals surface area contributed by atoms with Gasteiger partial charge in [0, 0.05) is 39.3 Å². The third-order valence-corrected chi connectivity index (χ3v) is 7.73. The number of piperidine rings is 1. The highest BCUT2D eigenvalue weighted by molar-refractivity contribution is 6.07. The Morgan fingerprint density at radius 1 is 0.941 bits per heavy atom. The number of nitrogens with zero attached hydrogens (tertiary/aromatic N) is 3. The molecule has 34 heavy (non-hydrogen) atoms. The highest BCUT2D eigenvalue weighted by atomic mass is 16.5. The van der Waals surface area contributed by atoms with Crippen LogP contribution in [0.25, 0.3) is 0 Å².